The molecule has 1 aliphatic rings. The van der Waals surface area contributed by atoms with Gasteiger partial charge in [0.1, 0.15) is 11.3 Å². The molecule has 0 aromatic heterocycles. The molecule has 0 aliphatic heterocycles. The van der Waals surface area contributed by atoms with Gasteiger partial charge in [0.05, 0.1) is 6.10 Å². The van der Waals surface area contributed by atoms with Crippen molar-refractivity contribution in [3.63, 3.8) is 0 Å². The molecule has 0 saturated heterocycles. The summed E-state index contributed by atoms with van der Waals surface area (Å²) in [5.41, 5.74) is 1.60. The van der Waals surface area contributed by atoms with Gasteiger partial charge >= 0.3 is 5.97 Å². The lowest BCUT2D eigenvalue weighted by molar-refractivity contribution is 0.0674. The van der Waals surface area contributed by atoms with Crippen molar-refractivity contribution in [1.82, 2.24) is 0 Å². The van der Waals surface area contributed by atoms with Crippen LogP contribution in [0, 0.1) is 12.3 Å². The number of aromatic carboxylic acids is 1. The molecule has 3 nitrogen and oxygen atoms in total. The standard InChI is InChI=1S/C16H22O3/c1-11-4-5-14(13(10-11)15(17)18)19-12-6-8-16(2,3)9-7-12/h4-5,10,12H,6-9H2,1-3H3,(H,17,18). The molecule has 0 amide bonds. The van der Waals surface area contributed by atoms with Gasteiger partial charge in [0.25, 0.3) is 0 Å². The van der Waals surface area contributed by atoms with Crippen LogP contribution in [0.25, 0.3) is 0 Å². The Hall–Kier alpha value is -1.51. The van der Waals surface area contributed by atoms with Crippen LogP contribution in [0.5, 0.6) is 5.75 Å². The molecule has 104 valence electrons. The molecule has 1 aromatic carbocycles. The molecule has 0 bridgehead atoms. The zero-order valence-electron chi connectivity index (χ0n) is 11.9. The SMILES string of the molecule is Cc1ccc(OC2CCC(C)(C)CC2)c(C(=O)O)c1. The average Bonchev–Trinajstić information content (AvgIpc) is 2.33. The summed E-state index contributed by atoms with van der Waals surface area (Å²) < 4.78 is 5.92. The predicted octanol–water partition coefficient (Wildman–Crippen LogP) is 4.04. The van der Waals surface area contributed by atoms with Gasteiger partial charge in [-0.25, -0.2) is 4.79 Å². The molecule has 1 fully saturated rings. The summed E-state index contributed by atoms with van der Waals surface area (Å²) >= 11 is 0. The highest BCUT2D eigenvalue weighted by Crippen LogP contribution is 2.37. The maximum absolute atomic E-state index is 11.2. The maximum atomic E-state index is 11.2. The number of carbonyl (C=O) groups is 1. The normalized spacial score (nSPS) is 19.1. The Morgan fingerprint density at radius 1 is 1.32 bits per heavy atom. The van der Waals surface area contributed by atoms with Crippen LogP contribution in [-0.4, -0.2) is 17.2 Å². The van der Waals surface area contributed by atoms with E-state index in [1.54, 1.807) is 12.1 Å². The van der Waals surface area contributed by atoms with E-state index in [4.69, 9.17) is 4.74 Å². The van der Waals surface area contributed by atoms with Gasteiger partial charge in [-0.1, -0.05) is 25.5 Å². The number of rotatable bonds is 3. The maximum Gasteiger partial charge on any atom is 0.339 e. The number of benzene rings is 1. The van der Waals surface area contributed by atoms with Crippen LogP contribution in [0.1, 0.15) is 55.5 Å². The second kappa shape index (κ2) is 5.24. The first-order valence-electron chi connectivity index (χ1n) is 6.88. The van der Waals surface area contributed by atoms with Crippen LogP contribution in [0.15, 0.2) is 18.2 Å². The lowest BCUT2D eigenvalue weighted by Gasteiger charge is -2.34. The molecule has 0 unspecified atom stereocenters. The highest BCUT2D eigenvalue weighted by Gasteiger charge is 2.28. The smallest absolute Gasteiger partial charge is 0.339 e. The van der Waals surface area contributed by atoms with E-state index in [1.807, 2.05) is 13.0 Å². The minimum Gasteiger partial charge on any atom is -0.490 e. The van der Waals surface area contributed by atoms with Crippen LogP contribution in [0.3, 0.4) is 0 Å². The Morgan fingerprint density at radius 2 is 1.95 bits per heavy atom. The van der Waals surface area contributed by atoms with E-state index in [2.05, 4.69) is 13.8 Å². The Kier molecular flexibility index (Phi) is 3.83. The van der Waals surface area contributed by atoms with Crippen molar-refractivity contribution in [1.29, 1.82) is 0 Å². The van der Waals surface area contributed by atoms with Crippen LogP contribution in [-0.2, 0) is 0 Å². The fraction of sp³-hybridized carbons (Fsp3) is 0.562. The monoisotopic (exact) mass is 262 g/mol. The zero-order chi connectivity index (χ0) is 14.0. The molecule has 1 N–H and O–H groups in total. The fourth-order valence-electron chi connectivity index (χ4n) is 2.58. The van der Waals surface area contributed by atoms with Crippen molar-refractivity contribution in [2.45, 2.75) is 52.6 Å². The van der Waals surface area contributed by atoms with Crippen molar-refractivity contribution in [3.8, 4) is 5.75 Å². The molecule has 19 heavy (non-hydrogen) atoms. The Balaban J connectivity index is 2.10. The first-order valence-corrected chi connectivity index (χ1v) is 6.88. The first-order chi connectivity index (χ1) is 8.87. The minimum absolute atomic E-state index is 0.147. The molecule has 1 saturated carbocycles. The summed E-state index contributed by atoms with van der Waals surface area (Å²) in [5.74, 6) is -0.419. The predicted molar refractivity (Wildman–Crippen MR) is 74.8 cm³/mol. The quantitative estimate of drug-likeness (QED) is 0.894. The molecule has 0 spiro atoms. The average molecular weight is 262 g/mol. The summed E-state index contributed by atoms with van der Waals surface area (Å²) in [5, 5.41) is 9.22. The number of ether oxygens (including phenoxy) is 1. The van der Waals surface area contributed by atoms with Crippen molar-refractivity contribution in [3.05, 3.63) is 29.3 Å². The molecule has 1 aliphatic carbocycles. The topological polar surface area (TPSA) is 46.5 Å². The Labute approximate surface area is 114 Å². The van der Waals surface area contributed by atoms with E-state index in [9.17, 15) is 9.90 Å². The van der Waals surface area contributed by atoms with Crippen LogP contribution in [0.4, 0.5) is 0 Å². The molecule has 0 radical (unpaired) electrons. The number of hydrogen-bond acceptors (Lipinski definition) is 2. The molecule has 0 atom stereocenters. The Bertz CT molecular complexity index is 467. The summed E-state index contributed by atoms with van der Waals surface area (Å²) in [6.07, 6.45) is 4.41. The highest BCUT2D eigenvalue weighted by molar-refractivity contribution is 5.91. The summed E-state index contributed by atoms with van der Waals surface area (Å²) in [6.45, 7) is 6.44. The van der Waals surface area contributed by atoms with E-state index in [0.717, 1.165) is 31.2 Å². The molecular weight excluding hydrogens is 240 g/mol. The summed E-state index contributed by atoms with van der Waals surface area (Å²) in [4.78, 5) is 11.2. The van der Waals surface area contributed by atoms with E-state index in [0.29, 0.717) is 11.2 Å². The van der Waals surface area contributed by atoms with Gasteiger partial charge in [-0.3, -0.25) is 0 Å². The van der Waals surface area contributed by atoms with E-state index >= 15 is 0 Å². The largest absolute Gasteiger partial charge is 0.490 e. The third-order valence-electron chi connectivity index (χ3n) is 3.95. The van der Waals surface area contributed by atoms with Crippen LogP contribution in [0.2, 0.25) is 0 Å². The van der Waals surface area contributed by atoms with Crippen LogP contribution >= 0.6 is 0 Å². The van der Waals surface area contributed by atoms with Crippen molar-refractivity contribution in [2.24, 2.45) is 5.41 Å². The van der Waals surface area contributed by atoms with Gasteiger partial charge in [0.15, 0.2) is 0 Å². The van der Waals surface area contributed by atoms with E-state index < -0.39 is 5.97 Å². The van der Waals surface area contributed by atoms with Gasteiger partial charge in [-0.2, -0.15) is 0 Å². The summed E-state index contributed by atoms with van der Waals surface area (Å²) in [7, 11) is 0. The fourth-order valence-corrected chi connectivity index (χ4v) is 2.58. The first kappa shape index (κ1) is 13.9. The zero-order valence-corrected chi connectivity index (χ0v) is 11.9. The van der Waals surface area contributed by atoms with Crippen LogP contribution < -0.4 is 4.74 Å². The Morgan fingerprint density at radius 3 is 2.53 bits per heavy atom. The third kappa shape index (κ3) is 3.49. The highest BCUT2D eigenvalue weighted by atomic mass is 16.5. The third-order valence-corrected chi connectivity index (χ3v) is 3.95. The van der Waals surface area contributed by atoms with Gasteiger partial charge < -0.3 is 9.84 Å². The van der Waals surface area contributed by atoms with Gasteiger partial charge in [-0.15, -0.1) is 0 Å². The lowest BCUT2D eigenvalue weighted by atomic mass is 9.76. The van der Waals surface area contributed by atoms with Gasteiger partial charge in [0, 0.05) is 0 Å². The van der Waals surface area contributed by atoms with E-state index in [-0.39, 0.29) is 11.7 Å². The number of carboxylic acid groups (broad SMARTS) is 1. The van der Waals surface area contributed by atoms with Crippen molar-refractivity contribution >= 4 is 5.97 Å². The van der Waals surface area contributed by atoms with Crippen molar-refractivity contribution < 1.29 is 14.6 Å². The summed E-state index contributed by atoms with van der Waals surface area (Å²) in [6, 6.07) is 5.34. The molecule has 0 heterocycles. The van der Waals surface area contributed by atoms with Gasteiger partial charge in [0.2, 0.25) is 0 Å². The van der Waals surface area contributed by atoms with E-state index in [1.165, 1.54) is 0 Å². The molecular formula is C16H22O3. The lowest BCUT2D eigenvalue weighted by Crippen LogP contribution is -2.28. The second-order valence-corrected chi connectivity index (χ2v) is 6.29. The second-order valence-electron chi connectivity index (χ2n) is 6.29. The molecule has 1 aromatic rings. The van der Waals surface area contributed by atoms with Gasteiger partial charge in [-0.05, 0) is 50.2 Å². The number of carboxylic acids is 1. The number of hydrogen-bond donors (Lipinski definition) is 1. The molecule has 3 heteroatoms. The number of aryl methyl sites for hydroxylation is 1. The van der Waals surface area contributed by atoms with Crippen molar-refractivity contribution in [2.75, 3.05) is 0 Å². The minimum atomic E-state index is -0.921. The molecule has 2 rings (SSSR count).